The molecule has 4 nitrogen and oxygen atoms in total. The second-order valence-electron chi connectivity index (χ2n) is 4.76. The van der Waals surface area contributed by atoms with Crippen molar-refractivity contribution in [3.05, 3.63) is 29.2 Å². The van der Waals surface area contributed by atoms with Crippen LogP contribution in [-0.2, 0) is 0 Å². The van der Waals surface area contributed by atoms with E-state index in [9.17, 15) is 0 Å². The predicted molar refractivity (Wildman–Crippen MR) is 80.8 cm³/mol. The average Bonchev–Trinajstić information content (AvgIpc) is 3.05. The van der Waals surface area contributed by atoms with E-state index in [1.807, 2.05) is 30.0 Å². The fourth-order valence-corrected chi connectivity index (χ4v) is 3.75. The number of pyridine rings is 1. The van der Waals surface area contributed by atoms with Crippen LogP contribution in [0.5, 0.6) is 0 Å². The van der Waals surface area contributed by atoms with E-state index in [2.05, 4.69) is 26.0 Å². The second-order valence-corrected chi connectivity index (χ2v) is 6.29. The number of H-pyrrole nitrogens is 1. The summed E-state index contributed by atoms with van der Waals surface area (Å²) in [7, 11) is 0. The van der Waals surface area contributed by atoms with Gasteiger partial charge in [0.2, 0.25) is 0 Å². The average molecular weight is 292 g/mol. The van der Waals surface area contributed by atoms with Crippen molar-refractivity contribution >= 4 is 24.0 Å². The van der Waals surface area contributed by atoms with Gasteiger partial charge >= 0.3 is 0 Å². The maximum absolute atomic E-state index is 5.39. The van der Waals surface area contributed by atoms with Crippen molar-refractivity contribution in [2.24, 2.45) is 0 Å². The summed E-state index contributed by atoms with van der Waals surface area (Å²) in [5.74, 6) is 0.859. The molecule has 0 aliphatic heterocycles. The van der Waals surface area contributed by atoms with Crippen molar-refractivity contribution in [2.45, 2.75) is 30.6 Å². The predicted octanol–water partition coefficient (Wildman–Crippen LogP) is 3.46. The van der Waals surface area contributed by atoms with Crippen LogP contribution in [0, 0.1) is 4.77 Å². The minimum atomic E-state index is 0.445. The summed E-state index contributed by atoms with van der Waals surface area (Å²) in [6, 6.07) is 6.31. The highest BCUT2D eigenvalue weighted by Crippen LogP contribution is 2.37. The Balaban J connectivity index is 1.98. The molecule has 0 bridgehead atoms. The lowest BCUT2D eigenvalue weighted by Gasteiger charge is -2.14. The molecule has 0 radical (unpaired) electrons. The van der Waals surface area contributed by atoms with Crippen LogP contribution in [-0.4, -0.2) is 31.3 Å². The van der Waals surface area contributed by atoms with Gasteiger partial charge in [0.25, 0.3) is 0 Å². The van der Waals surface area contributed by atoms with Crippen LogP contribution in [0.15, 0.2) is 24.4 Å². The Morgan fingerprint density at radius 2 is 2.32 bits per heavy atom. The van der Waals surface area contributed by atoms with Crippen LogP contribution in [0.25, 0.3) is 11.5 Å². The van der Waals surface area contributed by atoms with Crippen LogP contribution in [0.1, 0.15) is 25.3 Å². The lowest BCUT2D eigenvalue weighted by molar-refractivity contribution is 0.517. The number of hydrogen-bond donors (Lipinski definition) is 1. The molecular weight excluding hydrogens is 276 g/mol. The van der Waals surface area contributed by atoms with Gasteiger partial charge in [-0.05, 0) is 49.9 Å². The Kier molecular flexibility index (Phi) is 3.70. The highest BCUT2D eigenvalue weighted by molar-refractivity contribution is 7.99. The van der Waals surface area contributed by atoms with Crippen molar-refractivity contribution in [3.8, 4) is 11.5 Å². The van der Waals surface area contributed by atoms with E-state index >= 15 is 0 Å². The fraction of sp³-hybridized carbons (Fsp3) is 0.462. The molecule has 2 heterocycles. The molecule has 19 heavy (non-hydrogen) atoms. The lowest BCUT2D eigenvalue weighted by atomic mass is 10.2. The first-order chi connectivity index (χ1) is 9.29. The molecular formula is C13H16N4S2. The van der Waals surface area contributed by atoms with Crippen LogP contribution in [0.3, 0.4) is 0 Å². The third kappa shape index (κ3) is 2.47. The third-order valence-corrected chi connectivity index (χ3v) is 5.04. The minimum absolute atomic E-state index is 0.445. The molecule has 0 spiro atoms. The molecule has 6 heteroatoms. The fourth-order valence-electron chi connectivity index (χ4n) is 2.69. The van der Waals surface area contributed by atoms with E-state index < -0.39 is 0 Å². The zero-order valence-electron chi connectivity index (χ0n) is 10.7. The van der Waals surface area contributed by atoms with E-state index in [0.29, 0.717) is 10.8 Å². The minimum Gasteiger partial charge on any atom is -0.296 e. The number of nitrogens with zero attached hydrogens (tertiary/aromatic N) is 3. The van der Waals surface area contributed by atoms with Gasteiger partial charge in [-0.15, -0.1) is 0 Å². The largest absolute Gasteiger partial charge is 0.296 e. The standard InChI is InChI=1S/C13H16N4S2/c1-19-10-6-5-9(8-10)17-12(15-16-13(17)18)11-4-2-3-7-14-11/h2-4,7,9-10H,5-6,8H2,1H3,(H,16,18). The maximum Gasteiger partial charge on any atom is 0.195 e. The van der Waals surface area contributed by atoms with Gasteiger partial charge < -0.3 is 0 Å². The number of nitrogens with one attached hydrogen (secondary N) is 1. The zero-order chi connectivity index (χ0) is 13.2. The third-order valence-electron chi connectivity index (χ3n) is 3.65. The molecule has 100 valence electrons. The van der Waals surface area contributed by atoms with Crippen molar-refractivity contribution in [2.75, 3.05) is 6.26 Å². The van der Waals surface area contributed by atoms with Crippen molar-refractivity contribution < 1.29 is 0 Å². The van der Waals surface area contributed by atoms with Crippen molar-refractivity contribution in [1.29, 1.82) is 0 Å². The van der Waals surface area contributed by atoms with E-state index in [0.717, 1.165) is 23.2 Å². The Hall–Kier alpha value is -1.14. The molecule has 2 aromatic heterocycles. The zero-order valence-corrected chi connectivity index (χ0v) is 12.4. The monoisotopic (exact) mass is 292 g/mol. The Morgan fingerprint density at radius 3 is 3.00 bits per heavy atom. The van der Waals surface area contributed by atoms with Crippen LogP contribution in [0.4, 0.5) is 0 Å². The normalized spacial score (nSPS) is 22.8. The molecule has 1 aliphatic rings. The highest BCUT2D eigenvalue weighted by atomic mass is 32.2. The van der Waals surface area contributed by atoms with Crippen LogP contribution < -0.4 is 0 Å². The van der Waals surface area contributed by atoms with Gasteiger partial charge in [-0.3, -0.25) is 14.6 Å². The molecule has 0 amide bonds. The Bertz CT molecular complexity index is 605. The summed E-state index contributed by atoms with van der Waals surface area (Å²) in [5.41, 5.74) is 0.877. The van der Waals surface area contributed by atoms with Gasteiger partial charge in [0.1, 0.15) is 5.69 Å². The topological polar surface area (TPSA) is 46.5 Å². The number of aromatic amines is 1. The smallest absolute Gasteiger partial charge is 0.195 e. The van der Waals surface area contributed by atoms with Crippen molar-refractivity contribution in [1.82, 2.24) is 19.7 Å². The second kappa shape index (κ2) is 5.46. The molecule has 1 N–H and O–H groups in total. The van der Waals surface area contributed by atoms with E-state index in [-0.39, 0.29) is 0 Å². The molecule has 0 aromatic carbocycles. The number of thioether (sulfide) groups is 1. The summed E-state index contributed by atoms with van der Waals surface area (Å²) < 4.78 is 2.85. The number of rotatable bonds is 3. The number of hydrogen-bond acceptors (Lipinski definition) is 4. The molecule has 1 aliphatic carbocycles. The van der Waals surface area contributed by atoms with Gasteiger partial charge in [-0.25, -0.2) is 0 Å². The number of aromatic nitrogens is 4. The van der Waals surface area contributed by atoms with Gasteiger partial charge in [0.15, 0.2) is 10.6 Å². The first-order valence-electron chi connectivity index (χ1n) is 6.40. The Morgan fingerprint density at radius 1 is 1.42 bits per heavy atom. The first kappa shape index (κ1) is 12.9. The Labute approximate surface area is 121 Å². The van der Waals surface area contributed by atoms with Gasteiger partial charge in [0, 0.05) is 17.5 Å². The summed E-state index contributed by atoms with van der Waals surface area (Å²) in [5, 5.41) is 8.01. The van der Waals surface area contributed by atoms with Crippen LogP contribution in [0.2, 0.25) is 0 Å². The summed E-state index contributed by atoms with van der Waals surface area (Å²) in [6.45, 7) is 0. The molecule has 2 unspecified atom stereocenters. The molecule has 2 aromatic rings. The van der Waals surface area contributed by atoms with E-state index in [1.54, 1.807) is 6.20 Å². The van der Waals surface area contributed by atoms with E-state index in [4.69, 9.17) is 12.2 Å². The SMILES string of the molecule is CSC1CCC(n2c(-c3ccccn3)n[nH]c2=S)C1. The van der Waals surface area contributed by atoms with Crippen LogP contribution >= 0.6 is 24.0 Å². The quantitative estimate of drug-likeness (QED) is 0.880. The highest BCUT2D eigenvalue weighted by Gasteiger charge is 2.28. The molecule has 1 saturated carbocycles. The van der Waals surface area contributed by atoms with Crippen molar-refractivity contribution in [3.63, 3.8) is 0 Å². The first-order valence-corrected chi connectivity index (χ1v) is 8.10. The molecule has 2 atom stereocenters. The summed E-state index contributed by atoms with van der Waals surface area (Å²) in [4.78, 5) is 4.38. The molecule has 1 fully saturated rings. The molecule has 0 saturated heterocycles. The van der Waals surface area contributed by atoms with Gasteiger partial charge in [-0.2, -0.15) is 16.9 Å². The summed E-state index contributed by atoms with van der Waals surface area (Å²) >= 11 is 7.34. The maximum atomic E-state index is 5.39. The molecule has 3 rings (SSSR count). The lowest BCUT2D eigenvalue weighted by Crippen LogP contribution is -2.08. The van der Waals surface area contributed by atoms with Gasteiger partial charge in [0.05, 0.1) is 0 Å². The van der Waals surface area contributed by atoms with E-state index in [1.165, 1.54) is 12.8 Å². The van der Waals surface area contributed by atoms with Gasteiger partial charge in [-0.1, -0.05) is 6.07 Å². The summed E-state index contributed by atoms with van der Waals surface area (Å²) in [6.07, 6.45) is 7.55.